The summed E-state index contributed by atoms with van der Waals surface area (Å²) in [5.41, 5.74) is -0.792. The van der Waals surface area contributed by atoms with Crippen LogP contribution in [0.4, 0.5) is 0 Å². The Morgan fingerprint density at radius 1 is 1.33 bits per heavy atom. The molecule has 0 radical (unpaired) electrons. The van der Waals surface area contributed by atoms with Crippen molar-refractivity contribution in [1.29, 1.82) is 0 Å². The number of hydrogen-bond donors (Lipinski definition) is 1. The van der Waals surface area contributed by atoms with Gasteiger partial charge in [0.1, 0.15) is 4.88 Å². The van der Waals surface area contributed by atoms with Crippen molar-refractivity contribution in [3.8, 4) is 0 Å². The molecule has 0 aliphatic carbocycles. The minimum Gasteiger partial charge on any atom is -0.451 e. The smallest absolute Gasteiger partial charge is 0.348 e. The van der Waals surface area contributed by atoms with Gasteiger partial charge in [-0.25, -0.2) is 13.2 Å². The van der Waals surface area contributed by atoms with Crippen LogP contribution < -0.4 is 5.32 Å². The molecule has 1 aromatic heterocycles. The van der Waals surface area contributed by atoms with E-state index < -0.39 is 33.9 Å². The van der Waals surface area contributed by atoms with Gasteiger partial charge in [-0.3, -0.25) is 4.79 Å². The second-order valence-corrected chi connectivity index (χ2v) is 9.44. The van der Waals surface area contributed by atoms with Crippen molar-refractivity contribution in [2.24, 2.45) is 0 Å². The zero-order valence-electron chi connectivity index (χ0n) is 13.1. The molecular weight excluding hydrogens is 350 g/mol. The van der Waals surface area contributed by atoms with Gasteiger partial charge in [0.2, 0.25) is 0 Å². The van der Waals surface area contributed by atoms with E-state index >= 15 is 0 Å². The van der Waals surface area contributed by atoms with Gasteiger partial charge in [-0.15, -0.1) is 11.3 Å². The predicted octanol–water partition coefficient (Wildman–Crippen LogP) is 1.75. The first-order chi connectivity index (χ1) is 11.3. The van der Waals surface area contributed by atoms with E-state index in [1.54, 1.807) is 13.0 Å². The summed E-state index contributed by atoms with van der Waals surface area (Å²) >= 11 is 1.30. The molecule has 1 fully saturated rings. The van der Waals surface area contributed by atoms with Crippen molar-refractivity contribution in [3.05, 3.63) is 35.2 Å². The van der Waals surface area contributed by atoms with E-state index in [4.69, 9.17) is 4.74 Å². The van der Waals surface area contributed by atoms with Crippen LogP contribution in [0.3, 0.4) is 0 Å². The minimum atomic E-state index is -3.11. The standard InChI is InChI=1S/C16H17NO5S2/c1-16(6-7-24(20,21)10-16)17-14(18)9-22-15(19)13-8-11-4-2-3-5-12(11)23-13/h2-5,8H,6-7,9-10H2,1H3,(H,17,18)/t16-/m0/s1. The van der Waals surface area contributed by atoms with Gasteiger partial charge < -0.3 is 10.1 Å². The van der Waals surface area contributed by atoms with Gasteiger partial charge >= 0.3 is 5.97 Å². The number of ether oxygens (including phenoxy) is 1. The SMILES string of the molecule is C[C@]1(NC(=O)COC(=O)c2cc3ccccc3s2)CCS(=O)(=O)C1. The number of fused-ring (bicyclic) bond motifs is 1. The van der Waals surface area contributed by atoms with E-state index in [9.17, 15) is 18.0 Å². The number of esters is 1. The van der Waals surface area contributed by atoms with E-state index in [1.165, 1.54) is 11.3 Å². The Kier molecular flexibility index (Phi) is 4.35. The van der Waals surface area contributed by atoms with Crippen LogP contribution in [0.1, 0.15) is 23.0 Å². The summed E-state index contributed by atoms with van der Waals surface area (Å²) in [6.07, 6.45) is 0.366. The van der Waals surface area contributed by atoms with Gasteiger partial charge in [-0.05, 0) is 30.9 Å². The summed E-state index contributed by atoms with van der Waals surface area (Å²) in [5.74, 6) is -1.08. The average Bonchev–Trinajstić information content (AvgIpc) is 3.05. The van der Waals surface area contributed by atoms with Gasteiger partial charge in [-0.2, -0.15) is 0 Å². The van der Waals surface area contributed by atoms with Crippen molar-refractivity contribution in [2.75, 3.05) is 18.1 Å². The fraction of sp³-hybridized carbons (Fsp3) is 0.375. The highest BCUT2D eigenvalue weighted by molar-refractivity contribution is 7.91. The molecule has 0 unspecified atom stereocenters. The van der Waals surface area contributed by atoms with Crippen molar-refractivity contribution >= 4 is 43.1 Å². The first-order valence-electron chi connectivity index (χ1n) is 7.44. The largest absolute Gasteiger partial charge is 0.451 e. The Morgan fingerprint density at radius 2 is 2.08 bits per heavy atom. The van der Waals surface area contributed by atoms with Crippen LogP contribution in [0.2, 0.25) is 0 Å². The number of carbonyl (C=O) groups is 2. The fourth-order valence-corrected chi connectivity index (χ4v) is 5.82. The van der Waals surface area contributed by atoms with E-state index in [-0.39, 0.29) is 11.5 Å². The molecule has 1 aliphatic heterocycles. The topological polar surface area (TPSA) is 89.5 Å². The summed E-state index contributed by atoms with van der Waals surface area (Å²) in [5, 5.41) is 3.60. The van der Waals surface area contributed by atoms with E-state index in [0.717, 1.165) is 10.1 Å². The lowest BCUT2D eigenvalue weighted by molar-refractivity contribution is -0.125. The lowest BCUT2D eigenvalue weighted by atomic mass is 10.0. The van der Waals surface area contributed by atoms with E-state index in [0.29, 0.717) is 11.3 Å². The third-order valence-electron chi connectivity index (χ3n) is 3.91. The Hall–Kier alpha value is -1.93. The molecule has 1 saturated heterocycles. The fourth-order valence-electron chi connectivity index (χ4n) is 2.77. The van der Waals surface area contributed by atoms with Crippen molar-refractivity contribution < 1.29 is 22.7 Å². The molecule has 0 saturated carbocycles. The van der Waals surface area contributed by atoms with Gasteiger partial charge in [0.05, 0.1) is 17.0 Å². The van der Waals surface area contributed by atoms with Gasteiger partial charge in [0.25, 0.3) is 5.91 Å². The highest BCUT2D eigenvalue weighted by Gasteiger charge is 2.39. The van der Waals surface area contributed by atoms with Crippen LogP contribution in [0, 0.1) is 0 Å². The molecule has 0 bridgehead atoms. The van der Waals surface area contributed by atoms with Gasteiger partial charge in [0, 0.05) is 4.70 Å². The lowest BCUT2D eigenvalue weighted by Crippen LogP contribution is -2.48. The van der Waals surface area contributed by atoms with E-state index in [2.05, 4.69) is 5.32 Å². The first-order valence-corrected chi connectivity index (χ1v) is 10.1. The maximum absolute atomic E-state index is 12.1. The van der Waals surface area contributed by atoms with Gasteiger partial charge in [-0.1, -0.05) is 18.2 Å². The number of thiophene rings is 1. The summed E-state index contributed by atoms with van der Waals surface area (Å²) in [4.78, 5) is 24.4. The van der Waals surface area contributed by atoms with Crippen molar-refractivity contribution in [2.45, 2.75) is 18.9 Å². The summed E-state index contributed by atoms with van der Waals surface area (Å²) in [6.45, 7) is 1.26. The number of nitrogens with one attached hydrogen (secondary N) is 1. The quantitative estimate of drug-likeness (QED) is 0.832. The molecule has 3 rings (SSSR count). The Balaban J connectivity index is 1.57. The third kappa shape index (κ3) is 3.76. The third-order valence-corrected chi connectivity index (χ3v) is 6.90. The van der Waals surface area contributed by atoms with E-state index in [1.807, 2.05) is 24.3 Å². The van der Waals surface area contributed by atoms with Crippen LogP contribution in [0.15, 0.2) is 30.3 Å². The summed E-state index contributed by atoms with van der Waals surface area (Å²) in [6, 6.07) is 9.30. The molecule has 8 heteroatoms. The summed E-state index contributed by atoms with van der Waals surface area (Å²) < 4.78 is 29.1. The molecule has 6 nitrogen and oxygen atoms in total. The highest BCUT2D eigenvalue weighted by Crippen LogP contribution is 2.26. The van der Waals surface area contributed by atoms with Crippen LogP contribution in [0.5, 0.6) is 0 Å². The molecule has 24 heavy (non-hydrogen) atoms. The average molecular weight is 367 g/mol. The summed E-state index contributed by atoms with van der Waals surface area (Å²) in [7, 11) is -3.11. The Morgan fingerprint density at radius 3 is 2.75 bits per heavy atom. The second-order valence-electron chi connectivity index (χ2n) is 6.18. The predicted molar refractivity (Wildman–Crippen MR) is 91.9 cm³/mol. The number of benzene rings is 1. The zero-order chi connectivity index (χ0) is 17.4. The van der Waals surface area contributed by atoms with Gasteiger partial charge in [0.15, 0.2) is 16.4 Å². The number of rotatable bonds is 4. The lowest BCUT2D eigenvalue weighted by Gasteiger charge is -2.23. The normalized spacial score (nSPS) is 22.4. The number of carbonyl (C=O) groups excluding carboxylic acids is 2. The molecule has 2 heterocycles. The maximum atomic E-state index is 12.1. The molecule has 1 amide bonds. The molecule has 1 atom stereocenters. The molecule has 2 aromatic rings. The zero-order valence-corrected chi connectivity index (χ0v) is 14.7. The Labute approximate surface area is 143 Å². The molecule has 0 spiro atoms. The first kappa shape index (κ1) is 16.9. The molecule has 1 N–H and O–H groups in total. The number of sulfone groups is 1. The van der Waals surface area contributed by atoms with Crippen molar-refractivity contribution in [1.82, 2.24) is 5.32 Å². The van der Waals surface area contributed by atoms with Crippen molar-refractivity contribution in [3.63, 3.8) is 0 Å². The monoisotopic (exact) mass is 367 g/mol. The second kappa shape index (κ2) is 6.18. The Bertz CT molecular complexity index is 869. The molecule has 128 valence electrons. The van der Waals surface area contributed by atoms with Crippen LogP contribution in [0.25, 0.3) is 10.1 Å². The maximum Gasteiger partial charge on any atom is 0.348 e. The minimum absolute atomic E-state index is 0.0609. The van der Waals surface area contributed by atoms with Crippen LogP contribution in [-0.2, 0) is 19.4 Å². The van der Waals surface area contributed by atoms with Crippen LogP contribution in [-0.4, -0.2) is 43.9 Å². The van der Waals surface area contributed by atoms with Crippen LogP contribution >= 0.6 is 11.3 Å². The molecule has 1 aromatic carbocycles. The number of amides is 1. The highest BCUT2D eigenvalue weighted by atomic mass is 32.2. The number of hydrogen-bond acceptors (Lipinski definition) is 6. The molecular formula is C16H17NO5S2. The molecule has 1 aliphatic rings.